The highest BCUT2D eigenvalue weighted by molar-refractivity contribution is 7.15. The molecule has 158 valence electrons. The molecule has 1 aromatic carbocycles. The van der Waals surface area contributed by atoms with Gasteiger partial charge < -0.3 is 20.1 Å². The number of aromatic nitrogens is 1. The summed E-state index contributed by atoms with van der Waals surface area (Å²) in [5.74, 6) is -2.21. The quantitative estimate of drug-likeness (QED) is 0.515. The van der Waals surface area contributed by atoms with Crippen LogP contribution in [-0.2, 0) is 16.9 Å². The topological polar surface area (TPSA) is 82.8 Å². The number of benzene rings is 1. The number of hydrogen-bond acceptors (Lipinski definition) is 6. The van der Waals surface area contributed by atoms with Crippen LogP contribution in [0, 0.1) is 5.95 Å². The predicted octanol–water partition coefficient (Wildman–Crippen LogP) is 3.87. The lowest BCUT2D eigenvalue weighted by atomic mass is 9.91. The van der Waals surface area contributed by atoms with E-state index in [1.807, 2.05) is 12.1 Å². The minimum Gasteiger partial charge on any atom is -0.394 e. The monoisotopic (exact) mass is 449 g/mol. The maximum Gasteiger partial charge on any atom is 0.212 e. The molecule has 0 amide bonds. The van der Waals surface area contributed by atoms with Crippen LogP contribution in [0.25, 0.3) is 10.4 Å². The van der Waals surface area contributed by atoms with Crippen LogP contribution in [0.1, 0.15) is 28.8 Å². The first-order chi connectivity index (χ1) is 14.4. The normalized spacial score (nSPS) is 24.2. The van der Waals surface area contributed by atoms with Gasteiger partial charge in [-0.2, -0.15) is 4.39 Å². The number of halogens is 2. The molecule has 3 atom stereocenters. The van der Waals surface area contributed by atoms with E-state index in [4.69, 9.17) is 16.3 Å². The van der Waals surface area contributed by atoms with Gasteiger partial charge in [-0.1, -0.05) is 17.7 Å². The molecule has 3 N–H and O–H groups in total. The van der Waals surface area contributed by atoms with Gasteiger partial charge in [0.2, 0.25) is 5.95 Å². The Morgan fingerprint density at radius 3 is 2.80 bits per heavy atom. The van der Waals surface area contributed by atoms with Gasteiger partial charge >= 0.3 is 0 Å². The first-order valence-electron chi connectivity index (χ1n) is 9.55. The van der Waals surface area contributed by atoms with Crippen molar-refractivity contribution in [3.05, 3.63) is 75.6 Å². The van der Waals surface area contributed by atoms with Crippen molar-refractivity contribution in [1.82, 2.24) is 4.98 Å². The number of pyridine rings is 1. The van der Waals surface area contributed by atoms with E-state index in [-0.39, 0.29) is 19.4 Å². The van der Waals surface area contributed by atoms with E-state index in [2.05, 4.69) is 4.98 Å². The SMILES string of the molecule is OC[C@@H]1C[C@H](O)CC(O)(c2ccc(Cl)c(Cc3ccc(-c4ccc(F)nc4)s3)c2)O1. The van der Waals surface area contributed by atoms with Crippen LogP contribution in [0.4, 0.5) is 4.39 Å². The van der Waals surface area contributed by atoms with E-state index in [0.29, 0.717) is 17.0 Å². The molecular weight excluding hydrogens is 429 g/mol. The Morgan fingerprint density at radius 1 is 1.23 bits per heavy atom. The molecule has 1 saturated heterocycles. The van der Waals surface area contributed by atoms with Crippen molar-refractivity contribution in [3.63, 3.8) is 0 Å². The number of ether oxygens (including phenoxy) is 1. The molecule has 1 unspecified atom stereocenters. The van der Waals surface area contributed by atoms with Gasteiger partial charge in [-0.15, -0.1) is 11.3 Å². The van der Waals surface area contributed by atoms with Gasteiger partial charge in [-0.05, 0) is 42.0 Å². The fourth-order valence-corrected chi connectivity index (χ4v) is 4.87. The lowest BCUT2D eigenvalue weighted by Crippen LogP contribution is -2.45. The Hall–Kier alpha value is -1.87. The number of rotatable bonds is 5. The van der Waals surface area contributed by atoms with Crippen LogP contribution >= 0.6 is 22.9 Å². The summed E-state index contributed by atoms with van der Waals surface area (Å²) in [7, 11) is 0. The van der Waals surface area contributed by atoms with Crippen LogP contribution < -0.4 is 0 Å². The fraction of sp³-hybridized carbons (Fsp3) is 0.318. The largest absolute Gasteiger partial charge is 0.394 e. The summed E-state index contributed by atoms with van der Waals surface area (Å²) in [6.45, 7) is -0.282. The Kier molecular flexibility index (Phi) is 6.20. The second-order valence-corrected chi connectivity index (χ2v) is 8.99. The number of nitrogens with zero attached hydrogens (tertiary/aromatic N) is 1. The Bertz CT molecular complexity index is 1030. The molecule has 0 spiro atoms. The zero-order valence-corrected chi connectivity index (χ0v) is 17.5. The predicted molar refractivity (Wildman–Crippen MR) is 113 cm³/mol. The highest BCUT2D eigenvalue weighted by Crippen LogP contribution is 2.38. The Balaban J connectivity index is 1.58. The van der Waals surface area contributed by atoms with Crippen molar-refractivity contribution in [3.8, 4) is 10.4 Å². The molecule has 30 heavy (non-hydrogen) atoms. The smallest absolute Gasteiger partial charge is 0.212 e. The average Bonchev–Trinajstić information content (AvgIpc) is 3.18. The van der Waals surface area contributed by atoms with E-state index in [9.17, 15) is 19.7 Å². The van der Waals surface area contributed by atoms with Crippen molar-refractivity contribution in [2.45, 2.75) is 37.3 Å². The molecule has 3 heterocycles. The summed E-state index contributed by atoms with van der Waals surface area (Å²) in [6, 6.07) is 12.1. The van der Waals surface area contributed by atoms with Crippen LogP contribution in [-0.4, -0.2) is 39.1 Å². The first kappa shape index (κ1) is 21.4. The number of aliphatic hydroxyl groups is 3. The van der Waals surface area contributed by atoms with Crippen LogP contribution in [0.15, 0.2) is 48.7 Å². The summed E-state index contributed by atoms with van der Waals surface area (Å²) < 4.78 is 18.7. The minimum absolute atomic E-state index is 0.0191. The third-order valence-electron chi connectivity index (χ3n) is 5.15. The zero-order valence-electron chi connectivity index (χ0n) is 16.0. The molecule has 8 heteroatoms. The highest BCUT2D eigenvalue weighted by Gasteiger charge is 2.41. The number of hydrogen-bond donors (Lipinski definition) is 3. The second-order valence-electron chi connectivity index (χ2n) is 7.42. The molecule has 4 rings (SSSR count). The van der Waals surface area contributed by atoms with Crippen LogP contribution in [0.2, 0.25) is 5.02 Å². The lowest BCUT2D eigenvalue weighted by molar-refractivity contribution is -0.286. The van der Waals surface area contributed by atoms with Gasteiger partial charge in [0.25, 0.3) is 0 Å². The molecule has 2 aromatic heterocycles. The molecule has 1 aliphatic heterocycles. The van der Waals surface area contributed by atoms with Crippen molar-refractivity contribution < 1.29 is 24.4 Å². The van der Waals surface area contributed by atoms with Gasteiger partial charge in [0.05, 0.1) is 18.8 Å². The standard InChI is InChI=1S/C22H21ClFNO4S/c23-19-4-2-15(22(28)10-16(27)9-17(12-26)29-22)7-14(19)8-18-3-5-20(30-18)13-1-6-21(24)25-11-13/h1-7,11,16-17,26-28H,8-10,12H2/t16-,17-,22?/m0/s1. The van der Waals surface area contributed by atoms with Gasteiger partial charge in [-0.3, -0.25) is 0 Å². The molecule has 1 fully saturated rings. The van der Waals surface area contributed by atoms with Gasteiger partial charge in [-0.25, -0.2) is 4.98 Å². The summed E-state index contributed by atoms with van der Waals surface area (Å²) in [5.41, 5.74) is 2.12. The van der Waals surface area contributed by atoms with Gasteiger partial charge in [0.15, 0.2) is 5.79 Å². The van der Waals surface area contributed by atoms with Gasteiger partial charge in [0.1, 0.15) is 0 Å². The highest BCUT2D eigenvalue weighted by atomic mass is 35.5. The van der Waals surface area contributed by atoms with E-state index in [1.165, 1.54) is 12.3 Å². The van der Waals surface area contributed by atoms with E-state index in [0.717, 1.165) is 20.9 Å². The molecule has 1 aliphatic rings. The molecular formula is C22H21ClFNO4S. The van der Waals surface area contributed by atoms with Crippen LogP contribution in [0.3, 0.4) is 0 Å². The Morgan fingerprint density at radius 2 is 2.07 bits per heavy atom. The zero-order chi connectivity index (χ0) is 21.3. The fourth-order valence-electron chi connectivity index (χ4n) is 3.67. The molecule has 0 bridgehead atoms. The number of aliphatic hydroxyl groups excluding tert-OH is 2. The van der Waals surface area contributed by atoms with Crippen molar-refractivity contribution in [2.24, 2.45) is 0 Å². The third kappa shape index (κ3) is 4.56. The summed E-state index contributed by atoms with van der Waals surface area (Å²) >= 11 is 7.95. The minimum atomic E-state index is -1.69. The molecule has 0 radical (unpaired) electrons. The van der Waals surface area contributed by atoms with E-state index in [1.54, 1.807) is 35.6 Å². The third-order valence-corrected chi connectivity index (χ3v) is 6.65. The Labute approximate surface area is 182 Å². The summed E-state index contributed by atoms with van der Waals surface area (Å²) in [4.78, 5) is 5.70. The maximum absolute atomic E-state index is 13.1. The molecule has 0 saturated carbocycles. The van der Waals surface area contributed by atoms with E-state index < -0.39 is 23.9 Å². The number of thiophene rings is 1. The molecule has 3 aromatic rings. The van der Waals surface area contributed by atoms with Crippen molar-refractivity contribution in [2.75, 3.05) is 6.61 Å². The van der Waals surface area contributed by atoms with Gasteiger partial charge in [0, 0.05) is 51.4 Å². The molecule has 0 aliphatic carbocycles. The van der Waals surface area contributed by atoms with Crippen LogP contribution in [0.5, 0.6) is 0 Å². The lowest BCUT2D eigenvalue weighted by Gasteiger charge is -2.39. The summed E-state index contributed by atoms with van der Waals surface area (Å²) in [5, 5.41) is 31.0. The average molecular weight is 450 g/mol. The van der Waals surface area contributed by atoms with Crippen molar-refractivity contribution in [1.29, 1.82) is 0 Å². The van der Waals surface area contributed by atoms with E-state index >= 15 is 0 Å². The van der Waals surface area contributed by atoms with Crippen molar-refractivity contribution >= 4 is 22.9 Å². The first-order valence-corrected chi connectivity index (χ1v) is 10.7. The summed E-state index contributed by atoms with van der Waals surface area (Å²) in [6.07, 6.45) is 0.915. The molecule has 5 nitrogen and oxygen atoms in total. The second kappa shape index (κ2) is 8.70. The maximum atomic E-state index is 13.1.